The van der Waals surface area contributed by atoms with Crippen LogP contribution in [-0.2, 0) is 0 Å². The quantitative estimate of drug-likeness (QED) is 0.575. The number of nitro groups is 1. The van der Waals surface area contributed by atoms with Crippen LogP contribution in [0.25, 0.3) is 0 Å². The fraction of sp³-hybridized carbons (Fsp3) is 0.500. The van der Waals surface area contributed by atoms with E-state index in [0.717, 1.165) is 6.42 Å². The van der Waals surface area contributed by atoms with Crippen LogP contribution in [-0.4, -0.2) is 29.8 Å². The molecule has 1 aromatic rings. The highest BCUT2D eigenvalue weighted by Gasteiger charge is 2.15. The first-order valence-corrected chi connectivity index (χ1v) is 5.82. The monoisotopic (exact) mass is 254 g/mol. The summed E-state index contributed by atoms with van der Waals surface area (Å²) in [6, 6.07) is 4.47. The third kappa shape index (κ3) is 3.89. The molecule has 1 unspecified atom stereocenters. The third-order valence-corrected chi connectivity index (χ3v) is 2.55. The molecule has 1 aromatic carbocycles. The van der Waals surface area contributed by atoms with Crippen LogP contribution in [0.5, 0.6) is 5.75 Å². The fourth-order valence-electron chi connectivity index (χ4n) is 1.61. The largest absolute Gasteiger partial charge is 0.497 e. The Hall–Kier alpha value is -1.82. The summed E-state index contributed by atoms with van der Waals surface area (Å²) in [7, 11) is 1.50. The summed E-state index contributed by atoms with van der Waals surface area (Å²) in [6.45, 7) is 2.25. The van der Waals surface area contributed by atoms with E-state index in [2.05, 4.69) is 5.32 Å². The number of nitro benzene ring substituents is 1. The molecule has 0 aliphatic heterocycles. The number of hydrogen-bond donors (Lipinski definition) is 2. The molecule has 0 fully saturated rings. The zero-order valence-corrected chi connectivity index (χ0v) is 10.5. The van der Waals surface area contributed by atoms with E-state index in [1.807, 2.05) is 6.92 Å². The van der Waals surface area contributed by atoms with Gasteiger partial charge in [0.25, 0.3) is 5.69 Å². The maximum Gasteiger partial charge on any atom is 0.292 e. The van der Waals surface area contributed by atoms with Gasteiger partial charge in [-0.1, -0.05) is 13.3 Å². The highest BCUT2D eigenvalue weighted by atomic mass is 16.6. The minimum absolute atomic E-state index is 0.0282. The van der Waals surface area contributed by atoms with Crippen molar-refractivity contribution in [3.63, 3.8) is 0 Å². The van der Waals surface area contributed by atoms with E-state index in [1.165, 1.54) is 19.2 Å². The maximum atomic E-state index is 10.9. The minimum atomic E-state index is -0.513. The molecule has 0 radical (unpaired) electrons. The van der Waals surface area contributed by atoms with Crippen LogP contribution >= 0.6 is 0 Å². The zero-order chi connectivity index (χ0) is 13.5. The summed E-state index contributed by atoms with van der Waals surface area (Å²) in [6.07, 6.45) is 1.01. The lowest BCUT2D eigenvalue weighted by Gasteiger charge is -2.12. The summed E-state index contributed by atoms with van der Waals surface area (Å²) in [5.74, 6) is 0.535. The molecule has 2 N–H and O–H groups in total. The number of rotatable bonds is 7. The number of nitrogens with zero attached hydrogens (tertiary/aromatic N) is 1. The van der Waals surface area contributed by atoms with Gasteiger partial charge in [0.05, 0.1) is 18.1 Å². The van der Waals surface area contributed by atoms with Crippen molar-refractivity contribution in [1.82, 2.24) is 0 Å². The predicted molar refractivity (Wildman–Crippen MR) is 69.1 cm³/mol. The lowest BCUT2D eigenvalue weighted by molar-refractivity contribution is -0.384. The second-order valence-electron chi connectivity index (χ2n) is 3.96. The van der Waals surface area contributed by atoms with Crippen molar-refractivity contribution in [2.45, 2.75) is 25.9 Å². The Morgan fingerprint density at radius 1 is 1.56 bits per heavy atom. The normalized spacial score (nSPS) is 11.9. The third-order valence-electron chi connectivity index (χ3n) is 2.55. The second-order valence-corrected chi connectivity index (χ2v) is 3.96. The Morgan fingerprint density at radius 3 is 2.83 bits per heavy atom. The fourth-order valence-corrected chi connectivity index (χ4v) is 1.61. The minimum Gasteiger partial charge on any atom is -0.497 e. The highest BCUT2D eigenvalue weighted by molar-refractivity contribution is 5.64. The molecule has 1 rings (SSSR count). The summed E-state index contributed by atoms with van der Waals surface area (Å²) >= 11 is 0. The average molecular weight is 254 g/mol. The van der Waals surface area contributed by atoms with Crippen LogP contribution in [0.3, 0.4) is 0 Å². The van der Waals surface area contributed by atoms with Crippen molar-refractivity contribution in [3.8, 4) is 5.75 Å². The van der Waals surface area contributed by atoms with Crippen molar-refractivity contribution in [2.75, 3.05) is 19.0 Å². The lowest BCUT2D eigenvalue weighted by Crippen LogP contribution is -2.19. The van der Waals surface area contributed by atoms with Crippen LogP contribution in [0.1, 0.15) is 19.8 Å². The van der Waals surface area contributed by atoms with Crippen LogP contribution < -0.4 is 10.1 Å². The van der Waals surface area contributed by atoms with Crippen LogP contribution in [0.15, 0.2) is 18.2 Å². The Labute approximate surface area is 106 Å². The second kappa shape index (κ2) is 6.80. The number of ether oxygens (including phenoxy) is 1. The molecule has 0 saturated heterocycles. The molecule has 0 aromatic heterocycles. The van der Waals surface area contributed by atoms with E-state index in [-0.39, 0.29) is 12.2 Å². The Bertz CT molecular complexity index is 409. The summed E-state index contributed by atoms with van der Waals surface area (Å²) in [5, 5.41) is 23.3. The molecular formula is C12H18N2O4. The summed E-state index contributed by atoms with van der Waals surface area (Å²) < 4.78 is 5.02. The molecule has 0 heterocycles. The van der Waals surface area contributed by atoms with E-state index < -0.39 is 11.0 Å². The molecule has 0 aliphatic rings. The number of benzene rings is 1. The van der Waals surface area contributed by atoms with Crippen molar-refractivity contribution < 1.29 is 14.8 Å². The van der Waals surface area contributed by atoms with Crippen LogP contribution in [0, 0.1) is 10.1 Å². The van der Waals surface area contributed by atoms with E-state index in [4.69, 9.17) is 4.74 Å². The molecule has 0 spiro atoms. The summed E-state index contributed by atoms with van der Waals surface area (Å²) in [4.78, 5) is 10.4. The van der Waals surface area contributed by atoms with E-state index in [9.17, 15) is 15.2 Å². The van der Waals surface area contributed by atoms with Crippen molar-refractivity contribution in [2.24, 2.45) is 0 Å². The van der Waals surface area contributed by atoms with Crippen molar-refractivity contribution in [1.29, 1.82) is 0 Å². The lowest BCUT2D eigenvalue weighted by atomic mass is 10.2. The first-order valence-electron chi connectivity index (χ1n) is 5.82. The molecule has 0 aliphatic carbocycles. The molecule has 6 nitrogen and oxygen atoms in total. The van der Waals surface area contributed by atoms with Gasteiger partial charge in [-0.3, -0.25) is 10.1 Å². The number of hydrogen-bond acceptors (Lipinski definition) is 5. The number of aliphatic hydroxyl groups is 1. The van der Waals surface area contributed by atoms with Gasteiger partial charge >= 0.3 is 0 Å². The van der Waals surface area contributed by atoms with Gasteiger partial charge in [-0.05, 0) is 12.5 Å². The van der Waals surface area contributed by atoms with Gasteiger partial charge in [0.1, 0.15) is 11.4 Å². The topological polar surface area (TPSA) is 84.6 Å². The molecule has 100 valence electrons. The molecule has 18 heavy (non-hydrogen) atoms. The van der Waals surface area contributed by atoms with Crippen molar-refractivity contribution in [3.05, 3.63) is 28.3 Å². The molecule has 0 bridgehead atoms. The number of aliphatic hydroxyl groups excluding tert-OH is 1. The standard InChI is InChI=1S/C12H18N2O4/c1-3-4-9(15)8-13-11-7-10(18-2)5-6-12(11)14(16)17/h5-7,9,13,15H,3-4,8H2,1-2H3. The van der Waals surface area contributed by atoms with Gasteiger partial charge in [-0.2, -0.15) is 0 Å². The van der Waals surface area contributed by atoms with E-state index in [0.29, 0.717) is 17.9 Å². The van der Waals surface area contributed by atoms with Gasteiger partial charge in [0.2, 0.25) is 0 Å². The molecule has 0 amide bonds. The van der Waals surface area contributed by atoms with Gasteiger partial charge in [0.15, 0.2) is 0 Å². The van der Waals surface area contributed by atoms with Gasteiger partial charge < -0.3 is 15.2 Å². The molecule has 6 heteroatoms. The van der Waals surface area contributed by atoms with Crippen LogP contribution in [0.4, 0.5) is 11.4 Å². The number of methoxy groups -OCH3 is 1. The van der Waals surface area contributed by atoms with E-state index in [1.54, 1.807) is 6.07 Å². The Kier molecular flexibility index (Phi) is 5.38. The van der Waals surface area contributed by atoms with Gasteiger partial charge in [-0.25, -0.2) is 0 Å². The van der Waals surface area contributed by atoms with E-state index >= 15 is 0 Å². The predicted octanol–water partition coefficient (Wildman–Crippen LogP) is 2.18. The van der Waals surface area contributed by atoms with Crippen molar-refractivity contribution >= 4 is 11.4 Å². The summed E-state index contributed by atoms with van der Waals surface area (Å²) in [5.41, 5.74) is 0.328. The first-order chi connectivity index (χ1) is 8.58. The van der Waals surface area contributed by atoms with Crippen LogP contribution in [0.2, 0.25) is 0 Å². The molecule has 0 saturated carbocycles. The van der Waals surface area contributed by atoms with Gasteiger partial charge in [-0.15, -0.1) is 0 Å². The molecule has 1 atom stereocenters. The average Bonchev–Trinajstić information content (AvgIpc) is 2.36. The Morgan fingerprint density at radius 2 is 2.28 bits per heavy atom. The zero-order valence-electron chi connectivity index (χ0n) is 10.5. The maximum absolute atomic E-state index is 10.9. The first kappa shape index (κ1) is 14.2. The smallest absolute Gasteiger partial charge is 0.292 e. The highest BCUT2D eigenvalue weighted by Crippen LogP contribution is 2.28. The SMILES string of the molecule is CCCC(O)CNc1cc(OC)ccc1[N+](=O)[O-]. The molecular weight excluding hydrogens is 236 g/mol. The number of nitrogens with one attached hydrogen (secondary N) is 1. The Balaban J connectivity index is 2.80. The number of anilines is 1. The van der Waals surface area contributed by atoms with Gasteiger partial charge in [0, 0.05) is 18.7 Å².